The minimum absolute atomic E-state index is 0.0876. The highest BCUT2D eigenvalue weighted by atomic mass is 16.7. The minimum Gasteiger partial charge on any atom is -0.445 e. The number of benzene rings is 1. The molecule has 1 saturated heterocycles. The Morgan fingerprint density at radius 2 is 1.96 bits per heavy atom. The van der Waals surface area contributed by atoms with Gasteiger partial charge in [-0.05, 0) is 17.9 Å². The van der Waals surface area contributed by atoms with Gasteiger partial charge in [-0.3, -0.25) is 19.2 Å². The van der Waals surface area contributed by atoms with Crippen molar-refractivity contribution in [3.63, 3.8) is 0 Å². The van der Waals surface area contributed by atoms with Gasteiger partial charge in [0, 0.05) is 12.3 Å². The first-order valence-electron chi connectivity index (χ1n) is 8.84. The third kappa shape index (κ3) is 6.18. The Morgan fingerprint density at radius 1 is 1.26 bits per heavy atom. The Labute approximate surface area is 157 Å². The molecule has 1 aliphatic rings. The molecule has 0 aromatic heterocycles. The van der Waals surface area contributed by atoms with E-state index in [0.717, 1.165) is 5.56 Å². The molecule has 1 aromatic rings. The van der Waals surface area contributed by atoms with E-state index in [4.69, 9.17) is 9.57 Å². The van der Waals surface area contributed by atoms with E-state index in [9.17, 15) is 19.2 Å². The van der Waals surface area contributed by atoms with Crippen molar-refractivity contribution in [3.05, 3.63) is 35.9 Å². The summed E-state index contributed by atoms with van der Waals surface area (Å²) in [6.07, 6.45) is -0.594. The smallest absolute Gasteiger partial charge is 0.408 e. The van der Waals surface area contributed by atoms with E-state index in [0.29, 0.717) is 0 Å². The number of alkyl carbamates (subject to hydrolysis) is 1. The number of ketones is 2. The summed E-state index contributed by atoms with van der Waals surface area (Å²) >= 11 is 0. The predicted molar refractivity (Wildman–Crippen MR) is 95.2 cm³/mol. The Kier molecular flexibility index (Phi) is 7.48. The van der Waals surface area contributed by atoms with Gasteiger partial charge < -0.3 is 10.1 Å². The third-order valence-electron chi connectivity index (χ3n) is 4.28. The summed E-state index contributed by atoms with van der Waals surface area (Å²) in [6.45, 7) is 3.80. The van der Waals surface area contributed by atoms with Crippen LogP contribution in [0.25, 0.3) is 0 Å². The van der Waals surface area contributed by atoms with Gasteiger partial charge in [-0.25, -0.2) is 10.3 Å². The monoisotopic (exact) mass is 376 g/mol. The molecule has 0 saturated carbocycles. The van der Waals surface area contributed by atoms with Gasteiger partial charge in [0.1, 0.15) is 6.61 Å². The molecule has 0 bridgehead atoms. The molecule has 1 heterocycles. The number of carbonyl (C=O) groups excluding carboxylic acids is 4. The van der Waals surface area contributed by atoms with Crippen LogP contribution in [0.15, 0.2) is 30.3 Å². The van der Waals surface area contributed by atoms with Crippen molar-refractivity contribution < 1.29 is 28.8 Å². The number of rotatable bonds is 7. The summed E-state index contributed by atoms with van der Waals surface area (Å²) in [5.41, 5.74) is 2.85. The van der Waals surface area contributed by atoms with E-state index in [-0.39, 0.29) is 37.8 Å². The van der Waals surface area contributed by atoms with Gasteiger partial charge >= 0.3 is 12.0 Å². The Balaban J connectivity index is 1.92. The fraction of sp³-hybridized carbons (Fsp3) is 0.474. The van der Waals surface area contributed by atoms with E-state index < -0.39 is 29.7 Å². The van der Waals surface area contributed by atoms with Crippen molar-refractivity contribution >= 4 is 23.6 Å². The van der Waals surface area contributed by atoms with Crippen LogP contribution in [0.3, 0.4) is 0 Å². The molecule has 2 N–H and O–H groups in total. The number of amides is 2. The number of hydroxylamine groups is 1. The highest BCUT2D eigenvalue weighted by Crippen LogP contribution is 2.17. The zero-order chi connectivity index (χ0) is 19.8. The van der Waals surface area contributed by atoms with Crippen molar-refractivity contribution in [2.24, 2.45) is 11.8 Å². The lowest BCUT2D eigenvalue weighted by Crippen LogP contribution is -2.45. The highest BCUT2D eigenvalue weighted by Gasteiger charge is 2.33. The number of hydrogen-bond donors (Lipinski definition) is 2. The van der Waals surface area contributed by atoms with E-state index in [2.05, 4.69) is 5.32 Å². The van der Waals surface area contributed by atoms with Crippen LogP contribution in [0.2, 0.25) is 0 Å². The normalized spacial score (nSPS) is 18.4. The largest absolute Gasteiger partial charge is 0.445 e. The zero-order valence-corrected chi connectivity index (χ0v) is 15.4. The van der Waals surface area contributed by atoms with Crippen LogP contribution in [-0.2, 0) is 30.6 Å². The SMILES string of the molecule is CC(C)C(NC(=O)OCc1ccccc1)C(=O)CC1CCONC(=O)C1=O. The summed E-state index contributed by atoms with van der Waals surface area (Å²) in [5, 5.41) is 2.56. The molecular weight excluding hydrogens is 352 g/mol. The van der Waals surface area contributed by atoms with Gasteiger partial charge in [-0.15, -0.1) is 0 Å². The highest BCUT2D eigenvalue weighted by molar-refractivity contribution is 6.37. The van der Waals surface area contributed by atoms with Crippen LogP contribution < -0.4 is 10.8 Å². The number of Topliss-reactive ketones (excluding diaryl/α,β-unsaturated/α-hetero) is 2. The molecule has 2 unspecified atom stereocenters. The second-order valence-corrected chi connectivity index (χ2v) is 6.73. The topological polar surface area (TPSA) is 111 Å². The zero-order valence-electron chi connectivity index (χ0n) is 15.4. The van der Waals surface area contributed by atoms with Gasteiger partial charge in [0.25, 0.3) is 0 Å². The molecule has 1 fully saturated rings. The van der Waals surface area contributed by atoms with Crippen LogP contribution in [-0.4, -0.2) is 36.2 Å². The van der Waals surface area contributed by atoms with Gasteiger partial charge in [0.05, 0.1) is 12.6 Å². The average Bonchev–Trinajstić information content (AvgIpc) is 2.80. The van der Waals surface area contributed by atoms with Crippen LogP contribution in [0, 0.1) is 11.8 Å². The molecule has 0 spiro atoms. The molecular formula is C19H24N2O6. The van der Waals surface area contributed by atoms with Gasteiger partial charge in [0.15, 0.2) is 5.78 Å². The lowest BCUT2D eigenvalue weighted by atomic mass is 9.88. The molecule has 1 aliphatic heterocycles. The van der Waals surface area contributed by atoms with Crippen molar-refractivity contribution in [2.75, 3.05) is 6.61 Å². The predicted octanol–water partition coefficient (Wildman–Crippen LogP) is 1.53. The maximum Gasteiger partial charge on any atom is 0.408 e. The molecule has 0 radical (unpaired) electrons. The van der Waals surface area contributed by atoms with Crippen LogP contribution >= 0.6 is 0 Å². The quantitative estimate of drug-likeness (QED) is 0.698. The number of ether oxygens (including phenoxy) is 1. The van der Waals surface area contributed by atoms with Crippen molar-refractivity contribution in [1.82, 2.24) is 10.8 Å². The summed E-state index contributed by atoms with van der Waals surface area (Å²) in [5.74, 6) is -2.83. The van der Waals surface area contributed by atoms with Gasteiger partial charge in [-0.2, -0.15) is 0 Å². The van der Waals surface area contributed by atoms with E-state index in [1.165, 1.54) is 0 Å². The number of hydrogen-bond acceptors (Lipinski definition) is 6. The first kappa shape index (κ1) is 20.6. The standard InChI is InChI=1S/C19H24N2O6/c1-12(2)16(20-19(25)26-11-13-6-4-3-5-7-13)15(22)10-14-8-9-27-21-18(24)17(14)23/h3-7,12,14,16H,8-11H2,1-2H3,(H,20,25)(H,21,24). The van der Waals surface area contributed by atoms with E-state index in [1.807, 2.05) is 35.8 Å². The number of nitrogens with one attached hydrogen (secondary N) is 2. The lowest BCUT2D eigenvalue weighted by Gasteiger charge is -2.22. The van der Waals surface area contributed by atoms with Gasteiger partial charge in [-0.1, -0.05) is 44.2 Å². The fourth-order valence-electron chi connectivity index (χ4n) is 2.76. The molecule has 1 aromatic carbocycles. The minimum atomic E-state index is -0.860. The molecule has 8 heteroatoms. The fourth-order valence-corrected chi connectivity index (χ4v) is 2.76. The first-order valence-corrected chi connectivity index (χ1v) is 8.84. The summed E-state index contributed by atoms with van der Waals surface area (Å²) < 4.78 is 5.15. The van der Waals surface area contributed by atoms with E-state index >= 15 is 0 Å². The average molecular weight is 376 g/mol. The molecule has 8 nitrogen and oxygen atoms in total. The molecule has 0 aliphatic carbocycles. The van der Waals surface area contributed by atoms with Gasteiger partial charge in [0.2, 0.25) is 5.78 Å². The van der Waals surface area contributed by atoms with Crippen LogP contribution in [0.5, 0.6) is 0 Å². The van der Waals surface area contributed by atoms with Crippen molar-refractivity contribution in [2.45, 2.75) is 39.3 Å². The summed E-state index contributed by atoms with van der Waals surface area (Å²) in [6, 6.07) is 8.36. The Morgan fingerprint density at radius 3 is 2.63 bits per heavy atom. The first-order chi connectivity index (χ1) is 12.9. The molecule has 146 valence electrons. The third-order valence-corrected chi connectivity index (χ3v) is 4.28. The number of carbonyl (C=O) groups is 4. The Hall–Kier alpha value is -2.74. The Bertz CT molecular complexity index is 689. The summed E-state index contributed by atoms with van der Waals surface area (Å²) in [7, 11) is 0. The van der Waals surface area contributed by atoms with Crippen LogP contribution in [0.4, 0.5) is 4.79 Å². The van der Waals surface area contributed by atoms with Crippen LogP contribution in [0.1, 0.15) is 32.3 Å². The maximum absolute atomic E-state index is 12.6. The second-order valence-electron chi connectivity index (χ2n) is 6.73. The molecule has 27 heavy (non-hydrogen) atoms. The van der Waals surface area contributed by atoms with E-state index in [1.54, 1.807) is 13.8 Å². The van der Waals surface area contributed by atoms with Crippen molar-refractivity contribution in [1.29, 1.82) is 0 Å². The molecule has 2 rings (SSSR count). The van der Waals surface area contributed by atoms with Crippen molar-refractivity contribution in [3.8, 4) is 0 Å². The maximum atomic E-state index is 12.6. The molecule has 2 atom stereocenters. The molecule has 2 amide bonds. The lowest BCUT2D eigenvalue weighted by molar-refractivity contribution is -0.145. The second kappa shape index (κ2) is 9.82. The summed E-state index contributed by atoms with van der Waals surface area (Å²) in [4.78, 5) is 53.0.